The lowest BCUT2D eigenvalue weighted by molar-refractivity contribution is -0.142. The van der Waals surface area contributed by atoms with Crippen molar-refractivity contribution in [3.8, 4) is 5.75 Å². The Balaban J connectivity index is 2.24. The van der Waals surface area contributed by atoms with Gasteiger partial charge in [0.15, 0.2) is 0 Å². The summed E-state index contributed by atoms with van der Waals surface area (Å²) in [6.45, 7) is 3.56. The number of nitrogens with zero attached hydrogens (tertiary/aromatic N) is 1. The van der Waals surface area contributed by atoms with Crippen molar-refractivity contribution in [1.29, 1.82) is 0 Å². The second-order valence-electron chi connectivity index (χ2n) is 5.84. The van der Waals surface area contributed by atoms with Crippen molar-refractivity contribution in [2.45, 2.75) is 19.9 Å². The van der Waals surface area contributed by atoms with Gasteiger partial charge in [0, 0.05) is 12.3 Å². The smallest absolute Gasteiger partial charge is 0.327 e. The Kier molecular flexibility index (Phi) is 5.58. The molecule has 0 radical (unpaired) electrons. The molecule has 0 aliphatic rings. The maximum Gasteiger partial charge on any atom is 0.327 e. The van der Waals surface area contributed by atoms with Crippen LogP contribution in [-0.2, 0) is 4.79 Å². The second kappa shape index (κ2) is 7.64. The fraction of sp³-hybridized carbons (Fsp3) is 0.263. The van der Waals surface area contributed by atoms with Gasteiger partial charge in [0.05, 0.1) is 7.11 Å². The first-order valence-electron chi connectivity index (χ1n) is 7.69. The standard InChI is InChI=1S/C19H21NO4/c1-13(2)18(19(22)23)20-11-10-15(12-17(20)21)5-4-14-6-8-16(24-3)9-7-14/h4-13,18H,1-3H3,(H,22,23)/b5-4+. The van der Waals surface area contributed by atoms with Gasteiger partial charge in [-0.3, -0.25) is 4.79 Å². The van der Waals surface area contributed by atoms with Crippen LogP contribution in [0.2, 0.25) is 0 Å². The molecule has 0 saturated carbocycles. The second-order valence-corrected chi connectivity index (χ2v) is 5.84. The molecule has 0 fully saturated rings. The summed E-state index contributed by atoms with van der Waals surface area (Å²) in [6.07, 6.45) is 5.24. The summed E-state index contributed by atoms with van der Waals surface area (Å²) in [4.78, 5) is 23.6. The SMILES string of the molecule is COc1ccc(/C=C/c2ccn(C(C(=O)O)C(C)C)c(=O)c2)cc1. The number of pyridine rings is 1. The lowest BCUT2D eigenvalue weighted by atomic mass is 10.0. The van der Waals surface area contributed by atoms with E-state index in [9.17, 15) is 14.7 Å². The van der Waals surface area contributed by atoms with Crippen molar-refractivity contribution in [2.75, 3.05) is 7.11 Å². The van der Waals surface area contributed by atoms with Crippen LogP contribution in [-0.4, -0.2) is 22.8 Å². The Bertz CT molecular complexity index is 788. The lowest BCUT2D eigenvalue weighted by Gasteiger charge is -2.19. The molecule has 1 unspecified atom stereocenters. The van der Waals surface area contributed by atoms with Crippen LogP contribution in [0.25, 0.3) is 12.2 Å². The molecule has 2 aromatic rings. The maximum atomic E-state index is 12.2. The Labute approximate surface area is 140 Å². The van der Waals surface area contributed by atoms with Crippen LogP contribution in [0.4, 0.5) is 0 Å². The normalized spacial score (nSPS) is 12.5. The van der Waals surface area contributed by atoms with E-state index in [2.05, 4.69) is 0 Å². The molecular weight excluding hydrogens is 306 g/mol. The zero-order valence-corrected chi connectivity index (χ0v) is 14.0. The number of rotatable bonds is 6. The van der Waals surface area contributed by atoms with E-state index in [1.54, 1.807) is 27.0 Å². The molecule has 1 aromatic heterocycles. The van der Waals surface area contributed by atoms with Crippen molar-refractivity contribution in [1.82, 2.24) is 4.57 Å². The molecule has 0 amide bonds. The van der Waals surface area contributed by atoms with Gasteiger partial charge in [0.2, 0.25) is 0 Å². The molecule has 24 heavy (non-hydrogen) atoms. The van der Waals surface area contributed by atoms with E-state index in [-0.39, 0.29) is 11.5 Å². The van der Waals surface area contributed by atoms with Gasteiger partial charge in [0.1, 0.15) is 11.8 Å². The molecule has 5 heteroatoms. The summed E-state index contributed by atoms with van der Waals surface area (Å²) in [5.74, 6) is -0.405. The van der Waals surface area contributed by atoms with Crippen LogP contribution < -0.4 is 10.3 Å². The van der Waals surface area contributed by atoms with Crippen LogP contribution >= 0.6 is 0 Å². The molecule has 2 rings (SSSR count). The van der Waals surface area contributed by atoms with E-state index in [4.69, 9.17) is 4.74 Å². The Morgan fingerprint density at radius 3 is 2.25 bits per heavy atom. The summed E-state index contributed by atoms with van der Waals surface area (Å²) in [5, 5.41) is 9.30. The van der Waals surface area contributed by atoms with E-state index >= 15 is 0 Å². The van der Waals surface area contributed by atoms with Gasteiger partial charge in [-0.2, -0.15) is 0 Å². The molecule has 5 nitrogen and oxygen atoms in total. The summed E-state index contributed by atoms with van der Waals surface area (Å²) >= 11 is 0. The summed E-state index contributed by atoms with van der Waals surface area (Å²) in [7, 11) is 1.61. The molecule has 1 N–H and O–H groups in total. The number of benzene rings is 1. The zero-order valence-electron chi connectivity index (χ0n) is 14.0. The molecule has 0 spiro atoms. The maximum absolute atomic E-state index is 12.2. The van der Waals surface area contributed by atoms with Gasteiger partial charge in [-0.1, -0.05) is 38.1 Å². The number of aliphatic carboxylic acids is 1. The average Bonchev–Trinajstić information content (AvgIpc) is 2.55. The summed E-state index contributed by atoms with van der Waals surface area (Å²) in [6, 6.07) is 9.86. The number of carboxylic acid groups (broad SMARTS) is 1. The molecule has 1 heterocycles. The summed E-state index contributed by atoms with van der Waals surface area (Å²) in [5.41, 5.74) is 1.37. The van der Waals surface area contributed by atoms with Gasteiger partial charge < -0.3 is 14.4 Å². The van der Waals surface area contributed by atoms with E-state index in [0.717, 1.165) is 16.9 Å². The number of hydrogen-bond acceptors (Lipinski definition) is 3. The first kappa shape index (κ1) is 17.5. The van der Waals surface area contributed by atoms with Gasteiger partial charge in [-0.15, -0.1) is 0 Å². The number of aromatic nitrogens is 1. The highest BCUT2D eigenvalue weighted by Crippen LogP contribution is 2.17. The van der Waals surface area contributed by atoms with Gasteiger partial charge in [0.25, 0.3) is 5.56 Å². The van der Waals surface area contributed by atoms with Crippen LogP contribution in [0.3, 0.4) is 0 Å². The first-order valence-corrected chi connectivity index (χ1v) is 7.69. The van der Waals surface area contributed by atoms with Crippen molar-refractivity contribution in [3.63, 3.8) is 0 Å². The Morgan fingerprint density at radius 2 is 1.75 bits per heavy atom. The third-order valence-electron chi connectivity index (χ3n) is 3.74. The fourth-order valence-corrected chi connectivity index (χ4v) is 2.47. The number of carbonyl (C=O) groups is 1. The van der Waals surface area contributed by atoms with Crippen molar-refractivity contribution in [3.05, 3.63) is 64.1 Å². The van der Waals surface area contributed by atoms with Crippen molar-refractivity contribution in [2.24, 2.45) is 5.92 Å². The fourth-order valence-electron chi connectivity index (χ4n) is 2.47. The Morgan fingerprint density at radius 1 is 1.12 bits per heavy atom. The van der Waals surface area contributed by atoms with E-state index < -0.39 is 12.0 Å². The number of ether oxygens (including phenoxy) is 1. The third kappa shape index (κ3) is 4.13. The number of carboxylic acids is 1. The molecule has 0 bridgehead atoms. The quantitative estimate of drug-likeness (QED) is 0.884. The molecule has 126 valence electrons. The lowest BCUT2D eigenvalue weighted by Crippen LogP contribution is -2.32. The summed E-state index contributed by atoms with van der Waals surface area (Å²) < 4.78 is 6.37. The highest BCUT2D eigenvalue weighted by molar-refractivity contribution is 5.72. The zero-order chi connectivity index (χ0) is 17.7. The molecule has 0 saturated heterocycles. The van der Waals surface area contributed by atoms with Crippen molar-refractivity contribution >= 4 is 18.1 Å². The van der Waals surface area contributed by atoms with Gasteiger partial charge in [-0.05, 0) is 35.2 Å². The molecular formula is C19H21NO4. The predicted octanol–water partition coefficient (Wildman–Crippen LogP) is 3.31. The largest absolute Gasteiger partial charge is 0.497 e. The first-order chi connectivity index (χ1) is 11.4. The van der Waals surface area contributed by atoms with Crippen LogP contribution in [0.15, 0.2) is 47.4 Å². The predicted molar refractivity (Wildman–Crippen MR) is 94.1 cm³/mol. The third-order valence-corrected chi connectivity index (χ3v) is 3.74. The minimum absolute atomic E-state index is 0.180. The topological polar surface area (TPSA) is 68.5 Å². The van der Waals surface area contributed by atoms with Crippen LogP contribution in [0.5, 0.6) is 5.75 Å². The Hall–Kier alpha value is -2.82. The molecule has 1 atom stereocenters. The van der Waals surface area contributed by atoms with Gasteiger partial charge in [-0.25, -0.2) is 4.79 Å². The van der Waals surface area contributed by atoms with Crippen LogP contribution in [0.1, 0.15) is 31.0 Å². The highest BCUT2D eigenvalue weighted by Gasteiger charge is 2.23. The van der Waals surface area contributed by atoms with E-state index in [1.165, 1.54) is 16.8 Å². The molecule has 0 aliphatic carbocycles. The average molecular weight is 327 g/mol. The highest BCUT2D eigenvalue weighted by atomic mass is 16.5. The van der Waals surface area contributed by atoms with E-state index in [1.807, 2.05) is 36.4 Å². The molecule has 0 aliphatic heterocycles. The van der Waals surface area contributed by atoms with Crippen molar-refractivity contribution < 1.29 is 14.6 Å². The molecule has 1 aromatic carbocycles. The minimum atomic E-state index is -1.01. The number of hydrogen-bond donors (Lipinski definition) is 1. The monoisotopic (exact) mass is 327 g/mol. The van der Waals surface area contributed by atoms with Crippen LogP contribution in [0, 0.1) is 5.92 Å². The number of methoxy groups -OCH3 is 1. The minimum Gasteiger partial charge on any atom is -0.497 e. The van der Waals surface area contributed by atoms with Gasteiger partial charge >= 0.3 is 5.97 Å². The van der Waals surface area contributed by atoms with E-state index in [0.29, 0.717) is 0 Å².